The van der Waals surface area contributed by atoms with Gasteiger partial charge in [-0.1, -0.05) is 35.9 Å². The van der Waals surface area contributed by atoms with Gasteiger partial charge in [0.15, 0.2) is 6.20 Å². The molecule has 24 heavy (non-hydrogen) atoms. The first-order chi connectivity index (χ1) is 11.7. The summed E-state index contributed by atoms with van der Waals surface area (Å²) in [6.07, 6.45) is 1.95. The molecule has 3 aromatic carbocycles. The molecule has 0 saturated carbocycles. The van der Waals surface area contributed by atoms with Crippen molar-refractivity contribution < 1.29 is 9.36 Å². The highest BCUT2D eigenvalue weighted by Gasteiger charge is 2.16. The standard InChI is InChI=1S/C21H15ClNO/c22-17-10-7-16(8-11-17)21(24)14-23-13-3-6-19-18-5-2-1-4-15(18)9-12-20(19)23/h1-13H,14H2/q+1. The zero-order valence-electron chi connectivity index (χ0n) is 12.9. The highest BCUT2D eigenvalue weighted by molar-refractivity contribution is 6.30. The Morgan fingerprint density at radius 3 is 2.42 bits per heavy atom. The normalized spacial score (nSPS) is 11.0. The van der Waals surface area contributed by atoms with E-state index in [4.69, 9.17) is 11.6 Å². The van der Waals surface area contributed by atoms with Crippen LogP contribution in [0.2, 0.25) is 5.02 Å². The van der Waals surface area contributed by atoms with Crippen LogP contribution in [0.1, 0.15) is 10.4 Å². The molecule has 0 N–H and O–H groups in total. The Bertz CT molecular complexity index is 1050. The van der Waals surface area contributed by atoms with E-state index in [1.165, 1.54) is 10.8 Å². The number of rotatable bonds is 3. The second kappa shape index (κ2) is 6.06. The lowest BCUT2D eigenvalue weighted by molar-refractivity contribution is -0.657. The Kier molecular flexibility index (Phi) is 3.75. The van der Waals surface area contributed by atoms with Crippen LogP contribution in [0.15, 0.2) is 79.0 Å². The average Bonchev–Trinajstić information content (AvgIpc) is 2.62. The Hall–Kier alpha value is -2.71. The van der Waals surface area contributed by atoms with Crippen LogP contribution in [-0.4, -0.2) is 5.78 Å². The number of ketones is 1. The van der Waals surface area contributed by atoms with E-state index in [1.54, 1.807) is 24.3 Å². The first-order valence-electron chi connectivity index (χ1n) is 7.81. The van der Waals surface area contributed by atoms with Crippen molar-refractivity contribution in [3.63, 3.8) is 0 Å². The number of aromatic nitrogens is 1. The van der Waals surface area contributed by atoms with Crippen molar-refractivity contribution in [2.45, 2.75) is 6.54 Å². The van der Waals surface area contributed by atoms with Gasteiger partial charge in [0.2, 0.25) is 17.8 Å². The van der Waals surface area contributed by atoms with Crippen molar-refractivity contribution in [2.75, 3.05) is 0 Å². The number of carbonyl (C=O) groups is 1. The fourth-order valence-corrected chi connectivity index (χ4v) is 3.18. The smallest absolute Gasteiger partial charge is 0.227 e. The summed E-state index contributed by atoms with van der Waals surface area (Å²) in [4.78, 5) is 12.6. The fourth-order valence-electron chi connectivity index (χ4n) is 3.05. The number of halogens is 1. The molecule has 0 saturated heterocycles. The number of pyridine rings is 1. The molecule has 0 radical (unpaired) electrons. The van der Waals surface area contributed by atoms with Crippen LogP contribution in [0.3, 0.4) is 0 Å². The summed E-state index contributed by atoms with van der Waals surface area (Å²) in [5, 5.41) is 4.19. The SMILES string of the molecule is O=C(C[n+]1cccc2c3ccccc3ccc21)c1ccc(Cl)cc1. The summed E-state index contributed by atoms with van der Waals surface area (Å²) in [5.74, 6) is 0.0670. The Labute approximate surface area is 144 Å². The molecule has 0 aliphatic heterocycles. The van der Waals surface area contributed by atoms with Crippen molar-refractivity contribution >= 4 is 39.1 Å². The molecule has 4 rings (SSSR count). The van der Waals surface area contributed by atoms with Gasteiger partial charge in [-0.3, -0.25) is 4.79 Å². The average molecular weight is 333 g/mol. The van der Waals surface area contributed by atoms with E-state index in [9.17, 15) is 4.79 Å². The van der Waals surface area contributed by atoms with E-state index in [0.717, 1.165) is 10.9 Å². The van der Waals surface area contributed by atoms with Crippen molar-refractivity contribution in [1.82, 2.24) is 0 Å². The molecule has 0 amide bonds. The fraction of sp³-hybridized carbons (Fsp3) is 0.0476. The molecule has 1 aromatic heterocycles. The van der Waals surface area contributed by atoms with Crippen LogP contribution in [0.4, 0.5) is 0 Å². The number of Topliss-reactive ketones (excluding diaryl/α,β-unsaturated/α-hetero) is 1. The van der Waals surface area contributed by atoms with E-state index >= 15 is 0 Å². The topological polar surface area (TPSA) is 20.9 Å². The lowest BCUT2D eigenvalue weighted by atomic mass is 10.0. The van der Waals surface area contributed by atoms with Gasteiger partial charge in [-0.05, 0) is 47.2 Å². The Balaban J connectivity index is 1.78. The summed E-state index contributed by atoms with van der Waals surface area (Å²) >= 11 is 5.89. The number of nitrogens with zero attached hydrogens (tertiary/aromatic N) is 1. The van der Waals surface area contributed by atoms with E-state index in [2.05, 4.69) is 30.3 Å². The molecule has 2 nitrogen and oxygen atoms in total. The maximum Gasteiger partial charge on any atom is 0.227 e. The molecule has 0 aliphatic carbocycles. The minimum absolute atomic E-state index is 0.0670. The molecule has 3 heteroatoms. The summed E-state index contributed by atoms with van der Waals surface area (Å²) in [5.41, 5.74) is 1.73. The lowest BCUT2D eigenvalue weighted by Gasteiger charge is -2.04. The van der Waals surface area contributed by atoms with Crippen LogP contribution in [-0.2, 0) is 6.54 Å². The van der Waals surface area contributed by atoms with Crippen LogP contribution < -0.4 is 4.57 Å². The number of fused-ring (bicyclic) bond motifs is 3. The van der Waals surface area contributed by atoms with Gasteiger partial charge >= 0.3 is 0 Å². The maximum atomic E-state index is 12.6. The van der Waals surface area contributed by atoms with Gasteiger partial charge in [0.25, 0.3) is 0 Å². The number of hydrogen-bond donors (Lipinski definition) is 0. The maximum absolute atomic E-state index is 12.6. The molecule has 1 heterocycles. The van der Waals surface area contributed by atoms with E-state index < -0.39 is 0 Å². The zero-order chi connectivity index (χ0) is 16.5. The van der Waals surface area contributed by atoms with Gasteiger partial charge < -0.3 is 0 Å². The van der Waals surface area contributed by atoms with Gasteiger partial charge in [-0.15, -0.1) is 0 Å². The van der Waals surface area contributed by atoms with Gasteiger partial charge in [-0.2, -0.15) is 4.57 Å². The second-order valence-electron chi connectivity index (χ2n) is 5.79. The highest BCUT2D eigenvalue weighted by Crippen LogP contribution is 2.23. The molecule has 0 fully saturated rings. The number of hydrogen-bond acceptors (Lipinski definition) is 1. The zero-order valence-corrected chi connectivity index (χ0v) is 13.7. The minimum Gasteiger partial charge on any atom is -0.287 e. The molecular weight excluding hydrogens is 318 g/mol. The van der Waals surface area contributed by atoms with E-state index in [0.29, 0.717) is 17.1 Å². The van der Waals surface area contributed by atoms with Gasteiger partial charge in [0.05, 0.1) is 5.39 Å². The Morgan fingerprint density at radius 2 is 1.58 bits per heavy atom. The summed E-state index contributed by atoms with van der Waals surface area (Å²) in [7, 11) is 0. The van der Waals surface area contributed by atoms with Crippen molar-refractivity contribution in [2.24, 2.45) is 0 Å². The van der Waals surface area contributed by atoms with Crippen LogP contribution in [0, 0.1) is 0 Å². The molecule has 0 aliphatic rings. The molecule has 0 unspecified atom stereocenters. The van der Waals surface area contributed by atoms with Gasteiger partial charge in [0, 0.05) is 22.7 Å². The number of benzene rings is 3. The summed E-state index contributed by atoms with van der Waals surface area (Å²) in [6.45, 7) is 0.303. The molecule has 0 spiro atoms. The van der Waals surface area contributed by atoms with E-state index in [1.807, 2.05) is 29.0 Å². The minimum atomic E-state index is 0.0670. The van der Waals surface area contributed by atoms with E-state index in [-0.39, 0.29) is 5.78 Å². The van der Waals surface area contributed by atoms with Crippen molar-refractivity contribution in [1.29, 1.82) is 0 Å². The largest absolute Gasteiger partial charge is 0.287 e. The third-order valence-corrected chi connectivity index (χ3v) is 4.52. The van der Waals surface area contributed by atoms with Gasteiger partial charge in [-0.25, -0.2) is 0 Å². The van der Waals surface area contributed by atoms with Crippen LogP contribution >= 0.6 is 11.6 Å². The third-order valence-electron chi connectivity index (χ3n) is 4.27. The molecule has 0 bridgehead atoms. The molecule has 0 atom stereocenters. The number of carbonyl (C=O) groups excluding carboxylic acids is 1. The molecule has 4 aromatic rings. The second-order valence-corrected chi connectivity index (χ2v) is 6.22. The predicted molar refractivity (Wildman–Crippen MR) is 97.4 cm³/mol. The van der Waals surface area contributed by atoms with Crippen LogP contribution in [0.5, 0.6) is 0 Å². The summed E-state index contributed by atoms with van der Waals surface area (Å²) in [6, 6.07) is 23.6. The summed E-state index contributed by atoms with van der Waals surface area (Å²) < 4.78 is 2.00. The quantitative estimate of drug-likeness (QED) is 0.299. The van der Waals surface area contributed by atoms with Gasteiger partial charge in [0.1, 0.15) is 0 Å². The Morgan fingerprint density at radius 1 is 0.833 bits per heavy atom. The first kappa shape index (κ1) is 14.9. The first-order valence-corrected chi connectivity index (χ1v) is 8.19. The van der Waals surface area contributed by atoms with Crippen LogP contribution in [0.25, 0.3) is 21.7 Å². The van der Waals surface area contributed by atoms with Crippen molar-refractivity contribution in [3.8, 4) is 0 Å². The predicted octanol–water partition coefficient (Wildman–Crippen LogP) is 4.82. The molecular formula is C21H15ClNO+. The third kappa shape index (κ3) is 2.66. The monoisotopic (exact) mass is 332 g/mol. The molecule has 116 valence electrons. The lowest BCUT2D eigenvalue weighted by Crippen LogP contribution is -2.38. The highest BCUT2D eigenvalue weighted by atomic mass is 35.5. The van der Waals surface area contributed by atoms with Crippen molar-refractivity contribution in [3.05, 3.63) is 89.6 Å².